The molecule has 0 bridgehead atoms. The number of hydrogen-bond acceptors (Lipinski definition) is 5. The number of aryl methyl sites for hydroxylation is 1. The van der Waals surface area contributed by atoms with Crippen LogP contribution in [0.1, 0.15) is 23.2 Å². The van der Waals surface area contributed by atoms with Gasteiger partial charge in [0.05, 0.1) is 24.4 Å². The van der Waals surface area contributed by atoms with E-state index in [1.165, 1.54) is 7.11 Å². The molecule has 0 aliphatic rings. The predicted molar refractivity (Wildman–Crippen MR) is 79.8 cm³/mol. The van der Waals surface area contributed by atoms with E-state index in [4.69, 9.17) is 21.1 Å². The summed E-state index contributed by atoms with van der Waals surface area (Å²) in [6.45, 7) is 2.24. The fourth-order valence-corrected chi connectivity index (χ4v) is 2.74. The third-order valence-corrected chi connectivity index (χ3v) is 4.01. The number of aromatic nitrogens is 1. The average molecular weight is 314 g/mol. The zero-order valence-electron chi connectivity index (χ0n) is 11.4. The Bertz CT molecular complexity index is 561. The summed E-state index contributed by atoms with van der Waals surface area (Å²) in [5, 5.41) is 12.9. The van der Waals surface area contributed by atoms with Crippen molar-refractivity contribution in [3.63, 3.8) is 0 Å². The van der Waals surface area contributed by atoms with E-state index in [-0.39, 0.29) is 6.61 Å². The lowest BCUT2D eigenvalue weighted by Gasteiger charge is -2.14. The molecular weight excluding hydrogens is 298 g/mol. The predicted octanol–water partition coefficient (Wildman–Crippen LogP) is 3.44. The Morgan fingerprint density at radius 3 is 2.80 bits per heavy atom. The fourth-order valence-electron chi connectivity index (χ4n) is 1.78. The fraction of sp³-hybridized carbons (Fsp3) is 0.357. The van der Waals surface area contributed by atoms with Gasteiger partial charge in [0.25, 0.3) is 0 Å². The van der Waals surface area contributed by atoms with Crippen LogP contribution in [-0.4, -0.2) is 17.2 Å². The minimum Gasteiger partial charge on any atom is -0.493 e. The molecule has 1 N–H and O–H groups in total. The Balaban J connectivity index is 2.19. The smallest absolute Gasteiger partial charge is 0.167 e. The molecule has 0 aliphatic carbocycles. The first-order chi connectivity index (χ1) is 9.67. The standard InChI is InChI=1S/C14H16ClNO3S/c1-3-13-16-11(8-20-13)7-19-14-9(6-17)4-10(15)5-12(14)18-2/h4-5,8,17H,3,6-7H2,1-2H3. The van der Waals surface area contributed by atoms with E-state index in [2.05, 4.69) is 11.9 Å². The molecule has 0 saturated heterocycles. The summed E-state index contributed by atoms with van der Waals surface area (Å²) in [6, 6.07) is 3.33. The lowest BCUT2D eigenvalue weighted by atomic mass is 10.2. The molecule has 2 aromatic rings. The van der Waals surface area contributed by atoms with Gasteiger partial charge in [0.15, 0.2) is 11.5 Å². The second-order valence-electron chi connectivity index (χ2n) is 4.13. The molecule has 0 aliphatic heterocycles. The van der Waals surface area contributed by atoms with Gasteiger partial charge in [-0.2, -0.15) is 0 Å². The molecule has 0 atom stereocenters. The van der Waals surface area contributed by atoms with Crippen LogP contribution in [0.25, 0.3) is 0 Å². The van der Waals surface area contributed by atoms with E-state index in [1.54, 1.807) is 23.5 Å². The van der Waals surface area contributed by atoms with Gasteiger partial charge in [-0.25, -0.2) is 4.98 Å². The lowest BCUT2D eigenvalue weighted by molar-refractivity contribution is 0.248. The van der Waals surface area contributed by atoms with Crippen molar-refractivity contribution in [3.05, 3.63) is 38.8 Å². The van der Waals surface area contributed by atoms with Crippen LogP contribution in [0.4, 0.5) is 0 Å². The Morgan fingerprint density at radius 1 is 1.40 bits per heavy atom. The molecule has 108 valence electrons. The topological polar surface area (TPSA) is 51.6 Å². The largest absolute Gasteiger partial charge is 0.493 e. The van der Waals surface area contributed by atoms with Gasteiger partial charge in [-0.05, 0) is 12.5 Å². The Labute approximate surface area is 126 Å². The van der Waals surface area contributed by atoms with Crippen molar-refractivity contribution in [3.8, 4) is 11.5 Å². The van der Waals surface area contributed by atoms with Crippen molar-refractivity contribution >= 4 is 22.9 Å². The number of hydrogen-bond donors (Lipinski definition) is 1. The minimum atomic E-state index is -0.163. The first kappa shape index (κ1) is 15.1. The molecular formula is C14H16ClNO3S. The van der Waals surface area contributed by atoms with Crippen LogP contribution < -0.4 is 9.47 Å². The quantitative estimate of drug-likeness (QED) is 0.887. The van der Waals surface area contributed by atoms with E-state index >= 15 is 0 Å². The zero-order valence-corrected chi connectivity index (χ0v) is 12.9. The first-order valence-electron chi connectivity index (χ1n) is 6.21. The molecule has 0 radical (unpaired) electrons. The molecule has 2 rings (SSSR count). The molecule has 1 heterocycles. The number of ether oxygens (including phenoxy) is 2. The minimum absolute atomic E-state index is 0.163. The molecule has 1 aromatic carbocycles. The number of nitrogens with zero attached hydrogens (tertiary/aromatic N) is 1. The summed E-state index contributed by atoms with van der Waals surface area (Å²) < 4.78 is 11.0. The van der Waals surface area contributed by atoms with Gasteiger partial charge < -0.3 is 14.6 Å². The van der Waals surface area contributed by atoms with Crippen molar-refractivity contribution in [1.29, 1.82) is 0 Å². The SMILES string of the molecule is CCc1nc(COc2c(CO)cc(Cl)cc2OC)cs1. The first-order valence-corrected chi connectivity index (χ1v) is 7.47. The van der Waals surface area contributed by atoms with Crippen LogP contribution in [0.2, 0.25) is 5.02 Å². The summed E-state index contributed by atoms with van der Waals surface area (Å²) in [7, 11) is 1.54. The van der Waals surface area contributed by atoms with Gasteiger partial charge >= 0.3 is 0 Å². The normalized spacial score (nSPS) is 10.6. The van der Waals surface area contributed by atoms with E-state index in [9.17, 15) is 5.11 Å². The molecule has 0 unspecified atom stereocenters. The number of thiazole rings is 1. The number of methoxy groups -OCH3 is 1. The third kappa shape index (κ3) is 3.42. The highest BCUT2D eigenvalue weighted by Gasteiger charge is 2.13. The molecule has 4 nitrogen and oxygen atoms in total. The highest BCUT2D eigenvalue weighted by Crippen LogP contribution is 2.35. The molecule has 0 saturated carbocycles. The summed E-state index contributed by atoms with van der Waals surface area (Å²) in [6.07, 6.45) is 0.914. The van der Waals surface area contributed by atoms with Crippen LogP contribution in [0.5, 0.6) is 11.5 Å². The number of rotatable bonds is 6. The number of aliphatic hydroxyl groups excluding tert-OH is 1. The maximum atomic E-state index is 9.39. The monoisotopic (exact) mass is 313 g/mol. The van der Waals surface area contributed by atoms with Crippen LogP contribution in [0.3, 0.4) is 0 Å². The molecule has 0 fully saturated rings. The second kappa shape index (κ2) is 6.92. The van der Waals surface area contributed by atoms with Gasteiger partial charge in [0, 0.05) is 22.0 Å². The summed E-state index contributed by atoms with van der Waals surface area (Å²) >= 11 is 7.58. The van der Waals surface area contributed by atoms with Gasteiger partial charge in [-0.15, -0.1) is 11.3 Å². The van der Waals surface area contributed by atoms with Crippen molar-refractivity contribution in [1.82, 2.24) is 4.98 Å². The van der Waals surface area contributed by atoms with E-state index in [0.717, 1.165) is 17.1 Å². The van der Waals surface area contributed by atoms with Crippen LogP contribution in [0, 0.1) is 0 Å². The maximum Gasteiger partial charge on any atom is 0.167 e. The van der Waals surface area contributed by atoms with Crippen molar-refractivity contribution < 1.29 is 14.6 Å². The van der Waals surface area contributed by atoms with Crippen LogP contribution >= 0.6 is 22.9 Å². The van der Waals surface area contributed by atoms with Crippen LogP contribution in [-0.2, 0) is 19.6 Å². The Morgan fingerprint density at radius 2 is 2.20 bits per heavy atom. The van der Waals surface area contributed by atoms with Gasteiger partial charge in [0.2, 0.25) is 0 Å². The van der Waals surface area contributed by atoms with E-state index < -0.39 is 0 Å². The second-order valence-corrected chi connectivity index (χ2v) is 5.51. The zero-order chi connectivity index (χ0) is 14.5. The third-order valence-electron chi connectivity index (χ3n) is 2.75. The Hall–Kier alpha value is -1.30. The molecule has 0 spiro atoms. The number of aliphatic hydroxyl groups is 1. The highest BCUT2D eigenvalue weighted by atomic mass is 35.5. The molecule has 20 heavy (non-hydrogen) atoms. The summed E-state index contributed by atoms with van der Waals surface area (Å²) in [4.78, 5) is 4.44. The van der Waals surface area contributed by atoms with Crippen molar-refractivity contribution in [2.24, 2.45) is 0 Å². The lowest BCUT2D eigenvalue weighted by Crippen LogP contribution is -2.02. The molecule has 1 aromatic heterocycles. The van der Waals surface area contributed by atoms with Gasteiger partial charge in [-0.1, -0.05) is 18.5 Å². The average Bonchev–Trinajstić information content (AvgIpc) is 2.92. The number of benzene rings is 1. The van der Waals surface area contributed by atoms with Crippen LogP contribution in [0.15, 0.2) is 17.5 Å². The molecule has 0 amide bonds. The van der Waals surface area contributed by atoms with Crippen molar-refractivity contribution in [2.75, 3.05) is 7.11 Å². The maximum absolute atomic E-state index is 9.39. The van der Waals surface area contributed by atoms with Gasteiger partial charge in [0.1, 0.15) is 6.61 Å². The summed E-state index contributed by atoms with van der Waals surface area (Å²) in [5.74, 6) is 1.01. The van der Waals surface area contributed by atoms with Gasteiger partial charge in [-0.3, -0.25) is 0 Å². The molecule has 6 heteroatoms. The highest BCUT2D eigenvalue weighted by molar-refractivity contribution is 7.09. The Kier molecular flexibility index (Phi) is 5.23. The summed E-state index contributed by atoms with van der Waals surface area (Å²) in [5.41, 5.74) is 1.47. The van der Waals surface area contributed by atoms with E-state index in [1.807, 2.05) is 5.38 Å². The van der Waals surface area contributed by atoms with Crippen molar-refractivity contribution in [2.45, 2.75) is 26.6 Å². The van der Waals surface area contributed by atoms with E-state index in [0.29, 0.717) is 28.7 Å². The number of halogens is 1.